The van der Waals surface area contributed by atoms with Crippen LogP contribution in [0.1, 0.15) is 5.56 Å². The number of halogens is 2. The lowest BCUT2D eigenvalue weighted by Crippen LogP contribution is -2.01. The molecule has 1 aromatic carbocycles. The third-order valence-electron chi connectivity index (χ3n) is 1.69. The van der Waals surface area contributed by atoms with Crippen molar-refractivity contribution in [2.75, 3.05) is 13.2 Å². The quantitative estimate of drug-likeness (QED) is 0.727. The summed E-state index contributed by atoms with van der Waals surface area (Å²) < 4.78 is 19.0. The van der Waals surface area contributed by atoms with Crippen LogP contribution in [0.15, 0.2) is 23.2 Å². The summed E-state index contributed by atoms with van der Waals surface area (Å²) in [6.45, 7) is 1.27. The number of nitrogens with zero attached hydrogens (tertiary/aromatic N) is 1. The van der Waals surface area contributed by atoms with E-state index in [-0.39, 0.29) is 5.82 Å². The Morgan fingerprint density at radius 2 is 2.23 bits per heavy atom. The minimum absolute atomic E-state index is 0.250. The second kappa shape index (κ2) is 3.61. The molecule has 68 valence electrons. The van der Waals surface area contributed by atoms with Gasteiger partial charge in [-0.15, -0.1) is 0 Å². The Hall–Kier alpha value is -0.650. The zero-order chi connectivity index (χ0) is 9.26. The van der Waals surface area contributed by atoms with E-state index in [0.29, 0.717) is 19.0 Å². The summed E-state index contributed by atoms with van der Waals surface area (Å²) in [7, 11) is 0. The molecule has 1 aromatic rings. The van der Waals surface area contributed by atoms with Gasteiger partial charge in [0.1, 0.15) is 12.4 Å². The van der Waals surface area contributed by atoms with Gasteiger partial charge < -0.3 is 4.74 Å². The third kappa shape index (κ3) is 1.99. The summed E-state index contributed by atoms with van der Waals surface area (Å²) in [5.74, 6) is 0.303. The zero-order valence-electron chi connectivity index (χ0n) is 6.76. The summed E-state index contributed by atoms with van der Waals surface area (Å²) in [5.41, 5.74) is 0.724. The van der Waals surface area contributed by atoms with Gasteiger partial charge in [0, 0.05) is 9.13 Å². The van der Waals surface area contributed by atoms with Gasteiger partial charge >= 0.3 is 0 Å². The van der Waals surface area contributed by atoms with Gasteiger partial charge in [0.05, 0.1) is 6.54 Å². The van der Waals surface area contributed by atoms with E-state index in [1.54, 1.807) is 0 Å². The maximum absolute atomic E-state index is 13.0. The van der Waals surface area contributed by atoms with E-state index in [2.05, 4.69) is 27.6 Å². The lowest BCUT2D eigenvalue weighted by atomic mass is 10.2. The Balaban J connectivity index is 2.39. The van der Waals surface area contributed by atoms with Gasteiger partial charge in [0.15, 0.2) is 0 Å². The van der Waals surface area contributed by atoms with E-state index in [9.17, 15) is 4.39 Å². The standard InChI is InChI=1S/C9H7FINO/c10-7-3-6(4-8(11)5-7)9-12-1-2-13-9/h3-5H,1-2H2. The van der Waals surface area contributed by atoms with Crippen LogP contribution in [0.3, 0.4) is 0 Å². The lowest BCUT2D eigenvalue weighted by Gasteiger charge is -2.02. The molecule has 13 heavy (non-hydrogen) atoms. The summed E-state index contributed by atoms with van der Waals surface area (Å²) in [6.07, 6.45) is 0. The number of benzene rings is 1. The van der Waals surface area contributed by atoms with Gasteiger partial charge in [0.2, 0.25) is 5.90 Å². The SMILES string of the molecule is Fc1cc(I)cc(C2=NCCO2)c1. The van der Waals surface area contributed by atoms with Crippen LogP contribution in [0.4, 0.5) is 4.39 Å². The molecule has 0 amide bonds. The van der Waals surface area contributed by atoms with Crippen molar-refractivity contribution in [1.82, 2.24) is 0 Å². The molecule has 0 radical (unpaired) electrons. The first-order chi connectivity index (χ1) is 6.25. The summed E-state index contributed by atoms with van der Waals surface area (Å²) >= 11 is 2.07. The summed E-state index contributed by atoms with van der Waals surface area (Å²) in [5, 5.41) is 0. The Morgan fingerprint density at radius 3 is 2.85 bits per heavy atom. The molecule has 0 aliphatic carbocycles. The average Bonchev–Trinajstić information content (AvgIpc) is 2.53. The highest BCUT2D eigenvalue weighted by Gasteiger charge is 2.11. The highest BCUT2D eigenvalue weighted by atomic mass is 127. The van der Waals surface area contributed by atoms with Crippen LogP contribution in [0, 0.1) is 9.39 Å². The molecule has 1 aliphatic heterocycles. The minimum atomic E-state index is -0.250. The lowest BCUT2D eigenvalue weighted by molar-refractivity contribution is 0.348. The van der Waals surface area contributed by atoms with Gasteiger partial charge in [-0.1, -0.05) is 0 Å². The molecule has 0 spiro atoms. The number of aliphatic imine (C=N–C) groups is 1. The fourth-order valence-electron chi connectivity index (χ4n) is 1.19. The van der Waals surface area contributed by atoms with E-state index in [4.69, 9.17) is 4.74 Å². The number of hydrogen-bond donors (Lipinski definition) is 0. The molecule has 0 saturated carbocycles. The fourth-order valence-corrected chi connectivity index (χ4v) is 1.82. The molecule has 0 N–H and O–H groups in total. The second-order valence-corrected chi connectivity index (χ2v) is 3.94. The van der Waals surface area contributed by atoms with Crippen molar-refractivity contribution in [3.05, 3.63) is 33.1 Å². The van der Waals surface area contributed by atoms with Gasteiger partial charge in [0.25, 0.3) is 0 Å². The molecule has 0 fully saturated rings. The van der Waals surface area contributed by atoms with Crippen LogP contribution in [0.2, 0.25) is 0 Å². The first-order valence-corrected chi connectivity index (χ1v) is 4.97. The van der Waals surface area contributed by atoms with E-state index in [0.717, 1.165) is 9.13 Å². The molecule has 2 rings (SSSR count). The number of hydrogen-bond acceptors (Lipinski definition) is 2. The molecule has 2 nitrogen and oxygen atoms in total. The van der Waals surface area contributed by atoms with E-state index >= 15 is 0 Å². The van der Waals surface area contributed by atoms with Crippen molar-refractivity contribution in [1.29, 1.82) is 0 Å². The largest absolute Gasteiger partial charge is 0.476 e. The minimum Gasteiger partial charge on any atom is -0.476 e. The molecular formula is C9H7FINO. The predicted octanol–water partition coefficient (Wildman–Crippen LogP) is 2.21. The van der Waals surface area contributed by atoms with Crippen LogP contribution >= 0.6 is 22.6 Å². The monoisotopic (exact) mass is 291 g/mol. The van der Waals surface area contributed by atoms with E-state index < -0.39 is 0 Å². The Labute approximate surface area is 89.0 Å². The van der Waals surface area contributed by atoms with Gasteiger partial charge in [-0.3, -0.25) is 0 Å². The highest BCUT2D eigenvalue weighted by molar-refractivity contribution is 14.1. The van der Waals surface area contributed by atoms with Crippen molar-refractivity contribution < 1.29 is 9.13 Å². The van der Waals surface area contributed by atoms with Crippen molar-refractivity contribution in [2.24, 2.45) is 4.99 Å². The van der Waals surface area contributed by atoms with E-state index in [1.807, 2.05) is 6.07 Å². The topological polar surface area (TPSA) is 21.6 Å². The van der Waals surface area contributed by atoms with Crippen molar-refractivity contribution in [2.45, 2.75) is 0 Å². The maximum atomic E-state index is 13.0. The molecule has 0 unspecified atom stereocenters. The van der Waals surface area contributed by atoms with Crippen molar-refractivity contribution in [3.8, 4) is 0 Å². The van der Waals surface area contributed by atoms with Gasteiger partial charge in [-0.05, 0) is 40.8 Å². The van der Waals surface area contributed by atoms with Gasteiger partial charge in [-0.25, -0.2) is 9.38 Å². The Kier molecular flexibility index (Phi) is 2.48. The predicted molar refractivity (Wildman–Crippen MR) is 56.5 cm³/mol. The molecular weight excluding hydrogens is 284 g/mol. The molecule has 0 saturated heterocycles. The molecule has 0 atom stereocenters. The number of rotatable bonds is 1. The number of ether oxygens (including phenoxy) is 1. The van der Waals surface area contributed by atoms with Crippen LogP contribution in [0.5, 0.6) is 0 Å². The first kappa shape index (κ1) is 8.93. The van der Waals surface area contributed by atoms with E-state index in [1.165, 1.54) is 12.1 Å². The Morgan fingerprint density at radius 1 is 1.38 bits per heavy atom. The molecule has 4 heteroatoms. The van der Waals surface area contributed by atoms with Crippen LogP contribution in [-0.4, -0.2) is 19.0 Å². The normalized spacial score (nSPS) is 15.4. The molecule has 1 aliphatic rings. The average molecular weight is 291 g/mol. The van der Waals surface area contributed by atoms with Crippen molar-refractivity contribution >= 4 is 28.5 Å². The highest BCUT2D eigenvalue weighted by Crippen LogP contribution is 2.14. The fraction of sp³-hybridized carbons (Fsp3) is 0.222. The first-order valence-electron chi connectivity index (χ1n) is 3.89. The van der Waals surface area contributed by atoms with Crippen LogP contribution in [0.25, 0.3) is 0 Å². The zero-order valence-corrected chi connectivity index (χ0v) is 8.92. The maximum Gasteiger partial charge on any atom is 0.216 e. The summed E-state index contributed by atoms with van der Waals surface area (Å²) in [4.78, 5) is 4.11. The van der Waals surface area contributed by atoms with Crippen LogP contribution < -0.4 is 0 Å². The third-order valence-corrected chi connectivity index (χ3v) is 2.32. The smallest absolute Gasteiger partial charge is 0.216 e. The van der Waals surface area contributed by atoms with Gasteiger partial charge in [-0.2, -0.15) is 0 Å². The Bertz CT molecular complexity index is 344. The van der Waals surface area contributed by atoms with Crippen molar-refractivity contribution in [3.63, 3.8) is 0 Å². The second-order valence-electron chi connectivity index (χ2n) is 2.69. The summed E-state index contributed by atoms with van der Waals surface area (Å²) in [6, 6.07) is 4.76. The van der Waals surface area contributed by atoms with Crippen LogP contribution in [-0.2, 0) is 4.74 Å². The molecule has 0 bridgehead atoms. The molecule has 0 aromatic heterocycles. The molecule has 1 heterocycles.